The Kier molecular flexibility index (Phi) is 8.99. The van der Waals surface area contributed by atoms with E-state index in [1.807, 2.05) is 51.1 Å². The molecule has 4 nitrogen and oxygen atoms in total. The summed E-state index contributed by atoms with van der Waals surface area (Å²) in [6, 6.07) is 14.0. The summed E-state index contributed by atoms with van der Waals surface area (Å²) < 4.78 is 0. The largest absolute Gasteiger partial charge is 0.354 e. The van der Waals surface area contributed by atoms with E-state index in [1.165, 1.54) is 0 Å². The average Bonchev–Trinajstić information content (AvgIpc) is 2.69. The van der Waals surface area contributed by atoms with Crippen LogP contribution in [0.15, 0.2) is 48.5 Å². The van der Waals surface area contributed by atoms with Crippen LogP contribution in [-0.4, -0.2) is 29.3 Å². The van der Waals surface area contributed by atoms with Crippen molar-refractivity contribution in [2.45, 2.75) is 46.2 Å². The molecule has 0 aliphatic carbocycles. The molecule has 156 valence electrons. The van der Waals surface area contributed by atoms with Gasteiger partial charge in [-0.15, -0.1) is 0 Å². The summed E-state index contributed by atoms with van der Waals surface area (Å²) in [5, 5.41) is 4.13. The summed E-state index contributed by atoms with van der Waals surface area (Å²) in [5.74, 6) is 0.0577. The van der Waals surface area contributed by atoms with Crippen LogP contribution in [0.2, 0.25) is 10.0 Å². The van der Waals surface area contributed by atoms with Crippen LogP contribution in [-0.2, 0) is 22.6 Å². The van der Waals surface area contributed by atoms with E-state index in [0.717, 1.165) is 11.1 Å². The highest BCUT2D eigenvalue weighted by Gasteiger charge is 2.29. The molecule has 1 N–H and O–H groups in total. The summed E-state index contributed by atoms with van der Waals surface area (Å²) >= 11 is 12.2. The van der Waals surface area contributed by atoms with E-state index in [2.05, 4.69) is 5.32 Å². The van der Waals surface area contributed by atoms with Crippen molar-refractivity contribution in [1.29, 1.82) is 0 Å². The molecule has 6 heteroatoms. The number of rotatable bonds is 9. The third-order valence-electron chi connectivity index (χ3n) is 4.64. The average molecular weight is 435 g/mol. The van der Waals surface area contributed by atoms with E-state index in [0.29, 0.717) is 35.5 Å². The molecule has 2 aromatic rings. The van der Waals surface area contributed by atoms with Crippen LogP contribution in [0.5, 0.6) is 0 Å². The van der Waals surface area contributed by atoms with Gasteiger partial charge in [-0.25, -0.2) is 0 Å². The molecule has 29 heavy (non-hydrogen) atoms. The smallest absolute Gasteiger partial charge is 0.242 e. The number of benzene rings is 2. The number of carbonyl (C=O) groups is 2. The quantitative estimate of drug-likeness (QED) is 0.595. The fourth-order valence-corrected chi connectivity index (χ4v) is 3.36. The maximum absolute atomic E-state index is 13.2. The summed E-state index contributed by atoms with van der Waals surface area (Å²) in [6.07, 6.45) is 0.660. The third-order valence-corrected chi connectivity index (χ3v) is 5.26. The standard InChI is InChI=1S/C23H28Cl2N2O2/c1-4-21(23(29)26-14-16(2)3)27(15-17-9-11-19(24)12-10-17)22(28)13-18-7-5-6-8-20(18)25/h5-12,16,21H,4,13-15H2,1-3H3,(H,26,29)/t21-/m1/s1. The third kappa shape index (κ3) is 7.06. The normalized spacial score (nSPS) is 11.9. The van der Waals surface area contributed by atoms with Crippen LogP contribution in [0.3, 0.4) is 0 Å². The van der Waals surface area contributed by atoms with Gasteiger partial charge in [-0.2, -0.15) is 0 Å². The Bertz CT molecular complexity index is 822. The maximum atomic E-state index is 13.2. The highest BCUT2D eigenvalue weighted by atomic mass is 35.5. The van der Waals surface area contributed by atoms with Crippen LogP contribution in [0.25, 0.3) is 0 Å². The van der Waals surface area contributed by atoms with Crippen molar-refractivity contribution in [1.82, 2.24) is 10.2 Å². The molecule has 0 saturated carbocycles. The predicted octanol–water partition coefficient (Wildman–Crippen LogP) is 5.12. The van der Waals surface area contributed by atoms with Gasteiger partial charge in [0.05, 0.1) is 6.42 Å². The molecule has 0 bridgehead atoms. The second kappa shape index (κ2) is 11.2. The highest BCUT2D eigenvalue weighted by molar-refractivity contribution is 6.31. The van der Waals surface area contributed by atoms with Gasteiger partial charge in [0.25, 0.3) is 0 Å². The molecule has 0 saturated heterocycles. The van der Waals surface area contributed by atoms with Gasteiger partial charge in [-0.1, -0.05) is 74.3 Å². The first-order chi connectivity index (χ1) is 13.8. The highest BCUT2D eigenvalue weighted by Crippen LogP contribution is 2.20. The number of nitrogens with zero attached hydrogens (tertiary/aromatic N) is 1. The van der Waals surface area contributed by atoms with Crippen molar-refractivity contribution in [3.8, 4) is 0 Å². The number of carbonyl (C=O) groups excluding carboxylic acids is 2. The molecule has 0 heterocycles. The van der Waals surface area contributed by atoms with Crippen LogP contribution in [0, 0.1) is 5.92 Å². The topological polar surface area (TPSA) is 49.4 Å². The zero-order valence-corrected chi connectivity index (χ0v) is 18.6. The Morgan fingerprint density at radius 1 is 1.03 bits per heavy atom. The van der Waals surface area contributed by atoms with Gasteiger partial charge in [0.1, 0.15) is 6.04 Å². The van der Waals surface area contributed by atoms with E-state index in [1.54, 1.807) is 23.1 Å². The lowest BCUT2D eigenvalue weighted by atomic mass is 10.1. The molecule has 0 fully saturated rings. The van der Waals surface area contributed by atoms with E-state index < -0.39 is 6.04 Å². The number of hydrogen-bond acceptors (Lipinski definition) is 2. The van der Waals surface area contributed by atoms with Gasteiger partial charge in [0, 0.05) is 23.1 Å². The SMILES string of the molecule is CC[C@H](C(=O)NCC(C)C)N(Cc1ccc(Cl)cc1)C(=O)Cc1ccccc1Cl. The lowest BCUT2D eigenvalue weighted by Gasteiger charge is -2.31. The van der Waals surface area contributed by atoms with Gasteiger partial charge < -0.3 is 10.2 Å². The van der Waals surface area contributed by atoms with E-state index in [4.69, 9.17) is 23.2 Å². The van der Waals surface area contributed by atoms with Gasteiger partial charge in [-0.3, -0.25) is 9.59 Å². The van der Waals surface area contributed by atoms with Crippen molar-refractivity contribution < 1.29 is 9.59 Å². The first-order valence-corrected chi connectivity index (χ1v) is 10.6. The Labute approximate surface area is 183 Å². The number of nitrogens with one attached hydrogen (secondary N) is 1. The van der Waals surface area contributed by atoms with Gasteiger partial charge >= 0.3 is 0 Å². The minimum absolute atomic E-state index is 0.136. The molecule has 2 aromatic carbocycles. The second-order valence-electron chi connectivity index (χ2n) is 7.48. The van der Waals surface area contributed by atoms with Crippen molar-refractivity contribution in [3.05, 3.63) is 69.7 Å². The number of hydrogen-bond donors (Lipinski definition) is 1. The predicted molar refractivity (Wildman–Crippen MR) is 119 cm³/mol. The lowest BCUT2D eigenvalue weighted by molar-refractivity contribution is -0.141. The minimum Gasteiger partial charge on any atom is -0.354 e. The molecular formula is C23H28Cl2N2O2. The first kappa shape index (κ1) is 23.2. The van der Waals surface area contributed by atoms with E-state index >= 15 is 0 Å². The fraction of sp³-hybridized carbons (Fsp3) is 0.391. The minimum atomic E-state index is -0.556. The molecule has 0 radical (unpaired) electrons. The lowest BCUT2D eigenvalue weighted by Crippen LogP contribution is -2.50. The first-order valence-electron chi connectivity index (χ1n) is 9.86. The van der Waals surface area contributed by atoms with Crippen LogP contribution in [0.1, 0.15) is 38.3 Å². The fourth-order valence-electron chi connectivity index (χ4n) is 3.03. The Hall–Kier alpha value is -2.04. The molecule has 0 aromatic heterocycles. The van der Waals surface area contributed by atoms with Crippen LogP contribution in [0.4, 0.5) is 0 Å². The van der Waals surface area contributed by atoms with E-state index in [9.17, 15) is 9.59 Å². The molecule has 1 atom stereocenters. The molecule has 0 aliphatic heterocycles. The Morgan fingerprint density at radius 3 is 2.28 bits per heavy atom. The summed E-state index contributed by atoms with van der Waals surface area (Å²) in [4.78, 5) is 27.7. The maximum Gasteiger partial charge on any atom is 0.242 e. The summed E-state index contributed by atoms with van der Waals surface area (Å²) in [6.45, 7) is 6.89. The summed E-state index contributed by atoms with van der Waals surface area (Å²) in [5.41, 5.74) is 1.66. The Morgan fingerprint density at radius 2 is 1.69 bits per heavy atom. The number of amides is 2. The van der Waals surface area contributed by atoms with Crippen LogP contribution >= 0.6 is 23.2 Å². The van der Waals surface area contributed by atoms with Crippen molar-refractivity contribution in [2.24, 2.45) is 5.92 Å². The number of halogens is 2. The molecule has 0 aliphatic rings. The van der Waals surface area contributed by atoms with Gasteiger partial charge in [0.15, 0.2) is 0 Å². The van der Waals surface area contributed by atoms with Crippen molar-refractivity contribution in [2.75, 3.05) is 6.54 Å². The van der Waals surface area contributed by atoms with Gasteiger partial charge in [-0.05, 0) is 41.7 Å². The summed E-state index contributed by atoms with van der Waals surface area (Å²) in [7, 11) is 0. The zero-order valence-electron chi connectivity index (χ0n) is 17.1. The van der Waals surface area contributed by atoms with Crippen LogP contribution < -0.4 is 5.32 Å². The second-order valence-corrected chi connectivity index (χ2v) is 8.32. The van der Waals surface area contributed by atoms with Gasteiger partial charge in [0.2, 0.25) is 11.8 Å². The van der Waals surface area contributed by atoms with E-state index in [-0.39, 0.29) is 18.2 Å². The zero-order chi connectivity index (χ0) is 21.4. The Balaban J connectivity index is 2.27. The van der Waals surface area contributed by atoms with Crippen molar-refractivity contribution in [3.63, 3.8) is 0 Å². The molecule has 2 amide bonds. The molecule has 2 rings (SSSR count). The monoisotopic (exact) mass is 434 g/mol. The van der Waals surface area contributed by atoms with Crippen molar-refractivity contribution >= 4 is 35.0 Å². The molecule has 0 unspecified atom stereocenters. The molecule has 0 spiro atoms. The molecular weight excluding hydrogens is 407 g/mol.